The van der Waals surface area contributed by atoms with E-state index in [2.05, 4.69) is 29.1 Å². The molecule has 7 heteroatoms. The van der Waals surface area contributed by atoms with Crippen molar-refractivity contribution in [2.45, 2.75) is 84.3 Å². The summed E-state index contributed by atoms with van der Waals surface area (Å²) >= 11 is 0. The van der Waals surface area contributed by atoms with Gasteiger partial charge in [-0.3, -0.25) is 0 Å². The van der Waals surface area contributed by atoms with E-state index in [4.69, 9.17) is 14.2 Å². The Bertz CT molecular complexity index is 838. The third kappa shape index (κ3) is 9.29. The van der Waals surface area contributed by atoms with Crippen LogP contribution >= 0.6 is 0 Å². The minimum Gasteiger partial charge on any atom is -0.476 e. The maximum Gasteiger partial charge on any atom is 0.408 e. The second kappa shape index (κ2) is 14.6. The predicted molar refractivity (Wildman–Crippen MR) is 135 cm³/mol. The molecule has 1 unspecified atom stereocenters. The number of carbonyl (C=O) groups excluding carboxylic acids is 1. The van der Waals surface area contributed by atoms with Crippen molar-refractivity contribution < 1.29 is 19.0 Å². The fourth-order valence-corrected chi connectivity index (χ4v) is 3.69. The Balaban J connectivity index is 1.94. The molecule has 1 atom stereocenters. The zero-order valence-corrected chi connectivity index (χ0v) is 21.4. The topological polar surface area (TPSA) is 82.6 Å². The molecule has 0 aliphatic heterocycles. The molecular formula is C27H41N3O4. The van der Waals surface area contributed by atoms with E-state index in [1.54, 1.807) is 19.5 Å². The maximum atomic E-state index is 12.6. The molecule has 1 amide bonds. The van der Waals surface area contributed by atoms with E-state index in [1.807, 2.05) is 38.1 Å². The summed E-state index contributed by atoms with van der Waals surface area (Å²) in [4.78, 5) is 21.4. The first-order valence-electron chi connectivity index (χ1n) is 12.4. The van der Waals surface area contributed by atoms with Crippen LogP contribution in [0.3, 0.4) is 0 Å². The van der Waals surface area contributed by atoms with Gasteiger partial charge in [-0.15, -0.1) is 0 Å². The van der Waals surface area contributed by atoms with E-state index in [0.717, 1.165) is 61.8 Å². The minimum atomic E-state index is -0.568. The third-order valence-corrected chi connectivity index (χ3v) is 5.70. The number of amides is 1. The summed E-state index contributed by atoms with van der Waals surface area (Å²) in [6.45, 7) is 9.44. The van der Waals surface area contributed by atoms with Gasteiger partial charge in [0.1, 0.15) is 6.10 Å². The number of hydrogen-bond donors (Lipinski definition) is 1. The monoisotopic (exact) mass is 471 g/mol. The lowest BCUT2D eigenvalue weighted by atomic mass is 9.93. The van der Waals surface area contributed by atoms with Crippen LogP contribution in [0, 0.1) is 0 Å². The molecule has 0 radical (unpaired) electrons. The molecule has 2 aromatic rings. The van der Waals surface area contributed by atoms with Crippen LogP contribution in [0.15, 0.2) is 36.7 Å². The van der Waals surface area contributed by atoms with Crippen molar-refractivity contribution >= 4 is 6.09 Å². The van der Waals surface area contributed by atoms with Crippen molar-refractivity contribution in [3.8, 4) is 17.1 Å². The zero-order chi connectivity index (χ0) is 24.8. The molecule has 2 rings (SSSR count). The van der Waals surface area contributed by atoms with Gasteiger partial charge in [0.15, 0.2) is 0 Å². The van der Waals surface area contributed by atoms with E-state index in [9.17, 15) is 4.79 Å². The SMILES string of the molecule is CCCCCC(CCC)OC(=O)NC(C)(C)c1ccc(-c2cnc(OCCCOC)cn2)cc1. The lowest BCUT2D eigenvalue weighted by molar-refractivity contribution is 0.0786. The number of aromatic nitrogens is 2. The minimum absolute atomic E-state index is 0.0276. The number of methoxy groups -OCH3 is 1. The van der Waals surface area contributed by atoms with Gasteiger partial charge in [-0.05, 0) is 38.7 Å². The molecule has 0 spiro atoms. The quantitative estimate of drug-likeness (QED) is 0.308. The molecule has 1 heterocycles. The predicted octanol–water partition coefficient (Wildman–Crippen LogP) is 6.27. The maximum absolute atomic E-state index is 12.6. The van der Waals surface area contributed by atoms with Gasteiger partial charge in [-0.25, -0.2) is 14.8 Å². The summed E-state index contributed by atoms with van der Waals surface area (Å²) in [5.41, 5.74) is 2.12. The molecular weight excluding hydrogens is 430 g/mol. The Morgan fingerprint density at radius 2 is 1.74 bits per heavy atom. The Kier molecular flexibility index (Phi) is 11.8. The molecule has 0 saturated carbocycles. The van der Waals surface area contributed by atoms with Gasteiger partial charge in [-0.2, -0.15) is 0 Å². The number of rotatable bonds is 15. The second-order valence-corrected chi connectivity index (χ2v) is 9.07. The fraction of sp³-hybridized carbons (Fsp3) is 0.593. The largest absolute Gasteiger partial charge is 0.476 e. The van der Waals surface area contributed by atoms with Crippen LogP contribution < -0.4 is 10.1 Å². The van der Waals surface area contributed by atoms with E-state index in [-0.39, 0.29) is 12.2 Å². The first-order chi connectivity index (χ1) is 16.4. The van der Waals surface area contributed by atoms with Gasteiger partial charge in [0.05, 0.1) is 30.2 Å². The van der Waals surface area contributed by atoms with Crippen LogP contribution in [0.1, 0.15) is 78.2 Å². The van der Waals surface area contributed by atoms with Crippen LogP contribution in [-0.2, 0) is 15.0 Å². The number of alkyl carbamates (subject to hydrolysis) is 1. The van der Waals surface area contributed by atoms with Crippen LogP contribution in [0.5, 0.6) is 5.88 Å². The average Bonchev–Trinajstić information content (AvgIpc) is 2.82. The highest BCUT2D eigenvalue weighted by atomic mass is 16.6. The van der Waals surface area contributed by atoms with Gasteiger partial charge < -0.3 is 19.5 Å². The first kappa shape index (κ1) is 27.6. The number of nitrogens with one attached hydrogen (secondary N) is 1. The molecule has 0 fully saturated rings. The van der Waals surface area contributed by atoms with E-state index >= 15 is 0 Å². The fourth-order valence-electron chi connectivity index (χ4n) is 3.69. The molecule has 0 bridgehead atoms. The second-order valence-electron chi connectivity index (χ2n) is 9.07. The Hall–Kier alpha value is -2.67. The van der Waals surface area contributed by atoms with Crippen molar-refractivity contribution in [2.75, 3.05) is 20.3 Å². The molecule has 0 aliphatic carbocycles. The molecule has 7 nitrogen and oxygen atoms in total. The summed E-state index contributed by atoms with van der Waals surface area (Å²) in [5, 5.41) is 3.03. The number of unbranched alkanes of at least 4 members (excludes halogenated alkanes) is 2. The number of benzene rings is 1. The van der Waals surface area contributed by atoms with E-state index in [0.29, 0.717) is 19.1 Å². The third-order valence-electron chi connectivity index (χ3n) is 5.70. The highest BCUT2D eigenvalue weighted by molar-refractivity contribution is 5.69. The molecule has 0 aliphatic rings. The molecule has 0 saturated heterocycles. The van der Waals surface area contributed by atoms with Crippen molar-refractivity contribution in [2.24, 2.45) is 0 Å². The zero-order valence-electron chi connectivity index (χ0n) is 21.4. The molecule has 34 heavy (non-hydrogen) atoms. The number of hydrogen-bond acceptors (Lipinski definition) is 6. The highest BCUT2D eigenvalue weighted by Crippen LogP contribution is 2.25. The first-order valence-corrected chi connectivity index (χ1v) is 12.4. The van der Waals surface area contributed by atoms with Gasteiger partial charge in [0.25, 0.3) is 0 Å². The normalized spacial score (nSPS) is 12.3. The lowest BCUT2D eigenvalue weighted by Gasteiger charge is -2.28. The van der Waals surface area contributed by atoms with Crippen LogP contribution in [-0.4, -0.2) is 42.5 Å². The van der Waals surface area contributed by atoms with Crippen molar-refractivity contribution in [1.29, 1.82) is 0 Å². The van der Waals surface area contributed by atoms with Gasteiger partial charge in [0.2, 0.25) is 5.88 Å². The lowest BCUT2D eigenvalue weighted by Crippen LogP contribution is -2.42. The number of ether oxygens (including phenoxy) is 3. The highest BCUT2D eigenvalue weighted by Gasteiger charge is 2.25. The number of carbonyl (C=O) groups is 1. The molecule has 1 aromatic carbocycles. The van der Waals surface area contributed by atoms with E-state index < -0.39 is 5.54 Å². The van der Waals surface area contributed by atoms with Crippen LogP contribution in [0.4, 0.5) is 4.79 Å². The Morgan fingerprint density at radius 3 is 2.35 bits per heavy atom. The van der Waals surface area contributed by atoms with Crippen molar-refractivity contribution in [3.63, 3.8) is 0 Å². The Labute approximate surface area is 204 Å². The molecule has 1 aromatic heterocycles. The Morgan fingerprint density at radius 1 is 0.971 bits per heavy atom. The number of nitrogens with zero attached hydrogens (tertiary/aromatic N) is 2. The molecule has 1 N–H and O–H groups in total. The average molecular weight is 472 g/mol. The van der Waals surface area contributed by atoms with Crippen LogP contribution in [0.25, 0.3) is 11.3 Å². The molecule has 188 valence electrons. The van der Waals surface area contributed by atoms with Gasteiger partial charge >= 0.3 is 6.09 Å². The van der Waals surface area contributed by atoms with Crippen molar-refractivity contribution in [1.82, 2.24) is 15.3 Å². The summed E-state index contributed by atoms with van der Waals surface area (Å²) in [6.07, 6.45) is 9.96. The van der Waals surface area contributed by atoms with E-state index in [1.165, 1.54) is 0 Å². The van der Waals surface area contributed by atoms with Gasteiger partial charge in [-0.1, -0.05) is 57.4 Å². The van der Waals surface area contributed by atoms with Crippen LogP contribution in [0.2, 0.25) is 0 Å². The smallest absolute Gasteiger partial charge is 0.408 e. The standard InChI is InChI=1S/C27H41N3O4/c1-6-8-9-12-23(11-7-2)34-26(31)30-27(3,4)22-15-13-21(14-16-22)24-19-29-25(20-28-24)33-18-10-17-32-5/h13-16,19-20,23H,6-12,17-18H2,1-5H3,(H,30,31). The van der Waals surface area contributed by atoms with Gasteiger partial charge in [0, 0.05) is 25.7 Å². The van der Waals surface area contributed by atoms with Crippen molar-refractivity contribution in [3.05, 3.63) is 42.2 Å². The summed E-state index contributed by atoms with van der Waals surface area (Å²) < 4.78 is 16.3. The summed E-state index contributed by atoms with van der Waals surface area (Å²) in [6, 6.07) is 7.96. The summed E-state index contributed by atoms with van der Waals surface area (Å²) in [5.74, 6) is 0.497. The summed E-state index contributed by atoms with van der Waals surface area (Å²) in [7, 11) is 1.67.